The molecule has 1 aliphatic carbocycles. The van der Waals surface area contributed by atoms with Gasteiger partial charge in [-0.05, 0) is 44.9 Å². The van der Waals surface area contributed by atoms with E-state index in [4.69, 9.17) is 14.9 Å². The quantitative estimate of drug-likeness (QED) is 0.191. The number of allylic oxidation sites excluding steroid dienone is 3. The summed E-state index contributed by atoms with van der Waals surface area (Å²) in [6.45, 7) is 8.23. The van der Waals surface area contributed by atoms with Gasteiger partial charge in [0.25, 0.3) is 0 Å². The summed E-state index contributed by atoms with van der Waals surface area (Å²) < 4.78 is 5.60. The van der Waals surface area contributed by atoms with Crippen molar-refractivity contribution in [1.29, 1.82) is 0 Å². The summed E-state index contributed by atoms with van der Waals surface area (Å²) in [5, 5.41) is 18.2. The van der Waals surface area contributed by atoms with Crippen molar-refractivity contribution in [3.8, 4) is 0 Å². The second-order valence-corrected chi connectivity index (χ2v) is 8.40. The van der Waals surface area contributed by atoms with Gasteiger partial charge in [-0.15, -0.1) is 0 Å². The van der Waals surface area contributed by atoms with Gasteiger partial charge in [-0.1, -0.05) is 52.0 Å². The first-order valence-electron chi connectivity index (χ1n) is 11.2. The van der Waals surface area contributed by atoms with Crippen LogP contribution in [0.5, 0.6) is 0 Å². The number of ketones is 1. The summed E-state index contributed by atoms with van der Waals surface area (Å²) in [6.07, 6.45) is 11.7. The summed E-state index contributed by atoms with van der Waals surface area (Å²) in [7, 11) is 2.62. The third-order valence-electron chi connectivity index (χ3n) is 6.26. The highest BCUT2D eigenvalue weighted by Crippen LogP contribution is 2.49. The number of aliphatic hydroxyl groups excluding tert-OH is 1. The fourth-order valence-corrected chi connectivity index (χ4v) is 4.67. The first-order valence-corrected chi connectivity index (χ1v) is 11.2. The Morgan fingerprint density at radius 2 is 2.00 bits per heavy atom. The zero-order valence-corrected chi connectivity index (χ0v) is 20.0. The van der Waals surface area contributed by atoms with E-state index in [-0.39, 0.29) is 43.7 Å². The molecule has 0 aromatic carbocycles. The molecule has 0 bridgehead atoms. The van der Waals surface area contributed by atoms with Gasteiger partial charge < -0.3 is 14.6 Å². The van der Waals surface area contributed by atoms with E-state index in [1.54, 1.807) is 7.11 Å². The van der Waals surface area contributed by atoms with Gasteiger partial charge in [0.05, 0.1) is 11.5 Å². The van der Waals surface area contributed by atoms with Crippen molar-refractivity contribution in [3.05, 3.63) is 33.9 Å². The average Bonchev–Trinajstić information content (AvgIpc) is 2.72. The molecule has 0 fully saturated rings. The van der Waals surface area contributed by atoms with E-state index in [0.29, 0.717) is 19.3 Å². The summed E-state index contributed by atoms with van der Waals surface area (Å²) in [6, 6.07) is 0. The van der Waals surface area contributed by atoms with Gasteiger partial charge in [-0.25, -0.2) is 0 Å². The number of rotatable bonds is 12. The SMILES string of the molecule is C.CCC(OC)C(C)/C=C(\C)C1(C(=O)C(C)CCO)CCC=CC1CCC=O.C[N+](=O)[O-]. The van der Waals surface area contributed by atoms with E-state index in [9.17, 15) is 14.7 Å². The molecule has 1 N–H and O–H groups in total. The number of nitrogens with zero attached hydrogens (tertiary/aromatic N) is 1. The Kier molecular flexibility index (Phi) is 16.9. The van der Waals surface area contributed by atoms with Crippen LogP contribution in [0.25, 0.3) is 0 Å². The van der Waals surface area contributed by atoms with Crippen LogP contribution >= 0.6 is 0 Å². The molecule has 0 heterocycles. The number of carbonyl (C=O) groups excluding carboxylic acids is 2. The summed E-state index contributed by atoms with van der Waals surface area (Å²) in [5.41, 5.74) is 0.493. The van der Waals surface area contributed by atoms with E-state index in [2.05, 4.69) is 39.0 Å². The van der Waals surface area contributed by atoms with Gasteiger partial charge in [0.2, 0.25) is 0 Å². The molecule has 0 amide bonds. The van der Waals surface area contributed by atoms with E-state index >= 15 is 0 Å². The molecule has 1 aliphatic rings. The highest BCUT2D eigenvalue weighted by molar-refractivity contribution is 5.90. The Morgan fingerprint density at radius 3 is 2.47 bits per heavy atom. The van der Waals surface area contributed by atoms with Gasteiger partial charge in [-0.3, -0.25) is 14.9 Å². The maximum atomic E-state index is 13.6. The molecule has 0 spiro atoms. The molecule has 0 aromatic rings. The molecular weight excluding hydrogens is 410 g/mol. The lowest BCUT2D eigenvalue weighted by Gasteiger charge is -2.43. The number of aliphatic hydroxyl groups is 1. The summed E-state index contributed by atoms with van der Waals surface area (Å²) >= 11 is 0. The van der Waals surface area contributed by atoms with E-state index in [0.717, 1.165) is 38.2 Å². The Hall–Kier alpha value is -1.86. The lowest BCUT2D eigenvalue weighted by atomic mass is 9.58. The first-order chi connectivity index (χ1) is 14.6. The van der Waals surface area contributed by atoms with Crippen molar-refractivity contribution in [1.82, 2.24) is 0 Å². The van der Waals surface area contributed by atoms with Crippen molar-refractivity contribution in [2.45, 2.75) is 79.8 Å². The van der Waals surface area contributed by atoms with Crippen LogP contribution in [0.15, 0.2) is 23.8 Å². The molecule has 5 atom stereocenters. The zero-order valence-electron chi connectivity index (χ0n) is 20.0. The molecule has 7 nitrogen and oxygen atoms in total. The maximum Gasteiger partial charge on any atom is 0.194 e. The Labute approximate surface area is 194 Å². The number of ether oxygens (including phenoxy) is 1. The van der Waals surface area contributed by atoms with Crippen LogP contribution in [0.1, 0.15) is 73.6 Å². The van der Waals surface area contributed by atoms with Gasteiger partial charge in [-0.2, -0.15) is 0 Å². The Morgan fingerprint density at radius 1 is 1.41 bits per heavy atom. The molecule has 32 heavy (non-hydrogen) atoms. The fourth-order valence-electron chi connectivity index (χ4n) is 4.67. The minimum Gasteiger partial charge on any atom is -0.396 e. The largest absolute Gasteiger partial charge is 0.396 e. The molecule has 7 heteroatoms. The summed E-state index contributed by atoms with van der Waals surface area (Å²) in [4.78, 5) is 32.9. The van der Waals surface area contributed by atoms with Crippen LogP contribution in [0.2, 0.25) is 0 Å². The number of aldehydes is 1. The number of carbonyl (C=O) groups is 2. The topological polar surface area (TPSA) is 107 Å². The molecule has 0 saturated heterocycles. The van der Waals surface area contributed by atoms with Crippen molar-refractivity contribution in [2.24, 2.45) is 23.2 Å². The molecular formula is C25H45NO6. The maximum absolute atomic E-state index is 13.6. The van der Waals surface area contributed by atoms with Gasteiger partial charge in [0.15, 0.2) is 7.05 Å². The number of methoxy groups -OCH3 is 1. The molecule has 1 rings (SSSR count). The molecule has 5 unspecified atom stereocenters. The monoisotopic (exact) mass is 455 g/mol. The Balaban J connectivity index is 0. The minimum atomic E-state index is -0.591. The highest BCUT2D eigenvalue weighted by atomic mass is 16.6. The van der Waals surface area contributed by atoms with Crippen molar-refractivity contribution < 1.29 is 24.4 Å². The van der Waals surface area contributed by atoms with Gasteiger partial charge in [0.1, 0.15) is 12.1 Å². The molecule has 186 valence electrons. The number of hydrogen-bond donors (Lipinski definition) is 1. The molecule has 0 aromatic heterocycles. The second kappa shape index (κ2) is 16.7. The molecule has 0 saturated carbocycles. The predicted molar refractivity (Wildman–Crippen MR) is 129 cm³/mol. The number of Topliss-reactive ketones (excluding diaryl/α,β-unsaturated/α-hetero) is 1. The van der Waals surface area contributed by atoms with Crippen molar-refractivity contribution in [3.63, 3.8) is 0 Å². The van der Waals surface area contributed by atoms with E-state index in [1.807, 2.05) is 6.92 Å². The standard InChI is InChI=1S/C23H38O4.CH3NO2.CH4/c1-6-21(27-5)18(3)16-19(4)23(22(26)17(2)12-15-25)13-8-7-10-20(23)11-9-14-24;1-2(3)4;/h7,10,14,16-18,20-21,25H,6,8-9,11-13,15H2,1-5H3;1H3;1H4/b19-16+;;. The van der Waals surface area contributed by atoms with Crippen LogP contribution < -0.4 is 0 Å². The normalized spacial score (nSPS) is 23.1. The van der Waals surface area contributed by atoms with Crippen LogP contribution in [0.4, 0.5) is 0 Å². The third-order valence-corrected chi connectivity index (χ3v) is 6.26. The second-order valence-electron chi connectivity index (χ2n) is 8.40. The summed E-state index contributed by atoms with van der Waals surface area (Å²) in [5.74, 6) is 0.220. The number of hydrogen-bond acceptors (Lipinski definition) is 6. The fraction of sp³-hybridized carbons (Fsp3) is 0.760. The average molecular weight is 456 g/mol. The zero-order chi connectivity index (χ0) is 24.0. The van der Waals surface area contributed by atoms with Crippen LogP contribution in [-0.2, 0) is 14.3 Å². The van der Waals surface area contributed by atoms with Crippen LogP contribution in [-0.4, -0.2) is 49.0 Å². The van der Waals surface area contributed by atoms with Crippen LogP contribution in [0, 0.1) is 33.3 Å². The van der Waals surface area contributed by atoms with Gasteiger partial charge >= 0.3 is 0 Å². The first kappa shape index (κ1) is 32.3. The van der Waals surface area contributed by atoms with Gasteiger partial charge in [0, 0.05) is 36.9 Å². The lowest BCUT2D eigenvalue weighted by Crippen LogP contribution is -2.44. The number of nitro groups is 1. The highest BCUT2D eigenvalue weighted by Gasteiger charge is 2.47. The smallest absolute Gasteiger partial charge is 0.194 e. The van der Waals surface area contributed by atoms with Crippen molar-refractivity contribution in [2.75, 3.05) is 20.8 Å². The third kappa shape index (κ3) is 9.33. The molecule has 0 aliphatic heterocycles. The van der Waals surface area contributed by atoms with Crippen LogP contribution in [0.3, 0.4) is 0 Å². The van der Waals surface area contributed by atoms with E-state index < -0.39 is 10.3 Å². The predicted octanol–water partition coefficient (Wildman–Crippen LogP) is 5.04. The van der Waals surface area contributed by atoms with Crippen molar-refractivity contribution >= 4 is 12.1 Å². The van der Waals surface area contributed by atoms with E-state index in [1.165, 1.54) is 0 Å². The molecule has 0 radical (unpaired) electrons. The minimum absolute atomic E-state index is 0. The lowest BCUT2D eigenvalue weighted by molar-refractivity contribution is -0.445. The Bertz CT molecular complexity index is 622.